The van der Waals surface area contributed by atoms with E-state index in [2.05, 4.69) is 57.2 Å². The van der Waals surface area contributed by atoms with Crippen molar-refractivity contribution in [1.29, 1.82) is 0 Å². The lowest BCUT2D eigenvalue weighted by atomic mass is 9.90. The van der Waals surface area contributed by atoms with E-state index >= 15 is 0 Å². The number of rotatable bonds is 4. The highest BCUT2D eigenvalue weighted by Crippen LogP contribution is 2.41. The summed E-state index contributed by atoms with van der Waals surface area (Å²) in [4.78, 5) is 17.4. The molecule has 146 valence electrons. The van der Waals surface area contributed by atoms with E-state index in [-0.39, 0.29) is 6.17 Å². The van der Waals surface area contributed by atoms with Crippen LogP contribution in [0.1, 0.15) is 29.8 Å². The van der Waals surface area contributed by atoms with Crippen LogP contribution in [-0.4, -0.2) is 28.6 Å². The van der Waals surface area contributed by atoms with Gasteiger partial charge in [-0.3, -0.25) is 4.99 Å². The third kappa shape index (κ3) is 3.38. The van der Waals surface area contributed by atoms with Crippen molar-refractivity contribution in [2.24, 2.45) is 15.7 Å². The number of aliphatic imine (C=N–C) groups is 2. The van der Waals surface area contributed by atoms with Crippen LogP contribution in [0.5, 0.6) is 5.75 Å². The zero-order valence-electron chi connectivity index (χ0n) is 17.0. The highest BCUT2D eigenvalue weighted by Gasteiger charge is 2.24. The monoisotopic (exact) mass is 385 g/mol. The maximum Gasteiger partial charge on any atom is 0.168 e. The van der Waals surface area contributed by atoms with E-state index in [1.807, 2.05) is 13.8 Å². The zero-order chi connectivity index (χ0) is 20.5. The second-order valence-electron chi connectivity index (χ2n) is 7.12. The van der Waals surface area contributed by atoms with Crippen LogP contribution < -0.4 is 10.5 Å². The van der Waals surface area contributed by atoms with Crippen molar-refractivity contribution in [3.63, 3.8) is 0 Å². The third-order valence-electron chi connectivity index (χ3n) is 5.23. The summed E-state index contributed by atoms with van der Waals surface area (Å²) >= 11 is 0. The Kier molecular flexibility index (Phi) is 4.84. The van der Waals surface area contributed by atoms with E-state index < -0.39 is 0 Å². The molecule has 6 nitrogen and oxygen atoms in total. The highest BCUT2D eigenvalue weighted by atomic mass is 16.5. The average Bonchev–Trinajstić information content (AvgIpc) is 3.07. The summed E-state index contributed by atoms with van der Waals surface area (Å²) < 4.78 is 5.68. The van der Waals surface area contributed by atoms with Crippen LogP contribution in [0.25, 0.3) is 22.3 Å². The van der Waals surface area contributed by atoms with Crippen molar-refractivity contribution in [2.75, 3.05) is 7.11 Å². The fraction of sp³-hybridized carbons (Fsp3) is 0.217. The minimum Gasteiger partial charge on any atom is -0.496 e. The van der Waals surface area contributed by atoms with Gasteiger partial charge in [0.05, 0.1) is 12.8 Å². The first-order valence-electron chi connectivity index (χ1n) is 9.41. The van der Waals surface area contributed by atoms with Gasteiger partial charge >= 0.3 is 0 Å². The number of amidine groups is 1. The van der Waals surface area contributed by atoms with Gasteiger partial charge in [-0.1, -0.05) is 24.3 Å². The van der Waals surface area contributed by atoms with Gasteiger partial charge in [0.25, 0.3) is 0 Å². The Bertz CT molecular complexity index is 1100. The van der Waals surface area contributed by atoms with Gasteiger partial charge in [-0.15, -0.1) is 0 Å². The normalized spacial score (nSPS) is 15.8. The van der Waals surface area contributed by atoms with Crippen molar-refractivity contribution in [1.82, 2.24) is 9.97 Å². The molecule has 0 amide bonds. The molecule has 1 aromatic heterocycles. The number of aromatic nitrogens is 2. The number of aryl methyl sites for hydroxylation is 1. The molecule has 1 unspecified atom stereocenters. The molecule has 2 N–H and O–H groups in total. The van der Waals surface area contributed by atoms with Crippen molar-refractivity contribution in [3.05, 3.63) is 65.7 Å². The Hall–Kier alpha value is -3.54. The van der Waals surface area contributed by atoms with E-state index in [1.165, 1.54) is 6.33 Å². The quantitative estimate of drug-likeness (QED) is 0.727. The van der Waals surface area contributed by atoms with Gasteiger partial charge in [-0.25, -0.2) is 15.0 Å². The van der Waals surface area contributed by atoms with Gasteiger partial charge < -0.3 is 10.5 Å². The molecule has 0 fully saturated rings. The molecule has 0 radical (unpaired) electrons. The summed E-state index contributed by atoms with van der Waals surface area (Å²) in [6.07, 6.45) is 4.81. The zero-order valence-corrected chi connectivity index (χ0v) is 17.0. The van der Waals surface area contributed by atoms with Crippen LogP contribution in [0, 0.1) is 13.8 Å². The number of nitrogens with two attached hydrogens (primary N) is 1. The van der Waals surface area contributed by atoms with E-state index in [4.69, 9.17) is 10.5 Å². The predicted molar refractivity (Wildman–Crippen MR) is 116 cm³/mol. The van der Waals surface area contributed by atoms with Crippen LogP contribution in [0.4, 0.5) is 0 Å². The molecule has 29 heavy (non-hydrogen) atoms. The lowest BCUT2D eigenvalue weighted by molar-refractivity contribution is 0.408. The second-order valence-corrected chi connectivity index (χ2v) is 7.12. The summed E-state index contributed by atoms with van der Waals surface area (Å²) in [7, 11) is 1.70. The first-order valence-corrected chi connectivity index (χ1v) is 9.41. The standard InChI is InChI=1S/C23H23N5O/c1-13-9-19(23-27-15(3)22(24)28-23)20(14(2)21(13)29-4)17-7-5-16(6-8-17)18-10-25-12-26-11-18/h5-12,23H,1-4H3,(H2,24,28). The maximum atomic E-state index is 5.99. The number of methoxy groups -OCH3 is 1. The van der Waals surface area contributed by atoms with Gasteiger partial charge in [0.15, 0.2) is 6.17 Å². The van der Waals surface area contributed by atoms with Gasteiger partial charge in [0, 0.05) is 23.5 Å². The molecule has 0 saturated carbocycles. The Morgan fingerprint density at radius 2 is 1.55 bits per heavy atom. The fourth-order valence-corrected chi connectivity index (χ4v) is 3.82. The summed E-state index contributed by atoms with van der Waals surface area (Å²) in [5, 5.41) is 0. The summed E-state index contributed by atoms with van der Waals surface area (Å²) in [5.74, 6) is 1.37. The lowest BCUT2D eigenvalue weighted by Crippen LogP contribution is -2.17. The SMILES string of the molecule is COc1c(C)cc(C2N=C(C)C(N)=N2)c(-c2ccc(-c3cncnc3)cc2)c1C. The summed E-state index contributed by atoms with van der Waals surface area (Å²) in [6.45, 7) is 6.00. The number of benzene rings is 2. The topological polar surface area (TPSA) is 85.8 Å². The molecule has 6 heteroatoms. The van der Waals surface area contributed by atoms with E-state index in [1.54, 1.807) is 19.5 Å². The van der Waals surface area contributed by atoms with Crippen LogP contribution in [0.15, 0.2) is 59.0 Å². The van der Waals surface area contributed by atoms with Crippen molar-refractivity contribution >= 4 is 11.5 Å². The van der Waals surface area contributed by atoms with E-state index in [0.717, 1.165) is 50.4 Å². The Morgan fingerprint density at radius 3 is 2.14 bits per heavy atom. The molecule has 0 spiro atoms. The van der Waals surface area contributed by atoms with Gasteiger partial charge in [-0.2, -0.15) is 0 Å². The van der Waals surface area contributed by atoms with Crippen molar-refractivity contribution in [2.45, 2.75) is 26.9 Å². The predicted octanol–water partition coefficient (Wildman–Crippen LogP) is 4.27. The lowest BCUT2D eigenvalue weighted by Gasteiger charge is -2.20. The Balaban J connectivity index is 1.86. The summed E-state index contributed by atoms with van der Waals surface area (Å²) in [6, 6.07) is 10.4. The minimum atomic E-state index is -0.337. The number of nitrogens with zero attached hydrogens (tertiary/aromatic N) is 4. The summed E-state index contributed by atoms with van der Waals surface area (Å²) in [5.41, 5.74) is 14.1. The molecule has 1 aliphatic heterocycles. The minimum absolute atomic E-state index is 0.337. The molecule has 0 saturated heterocycles. The molecule has 0 aliphatic carbocycles. The fourth-order valence-electron chi connectivity index (χ4n) is 3.82. The van der Waals surface area contributed by atoms with Crippen molar-refractivity contribution in [3.8, 4) is 28.0 Å². The average molecular weight is 385 g/mol. The molecule has 3 aromatic rings. The van der Waals surface area contributed by atoms with Crippen LogP contribution >= 0.6 is 0 Å². The van der Waals surface area contributed by atoms with E-state index in [0.29, 0.717) is 5.84 Å². The molecular weight excluding hydrogens is 362 g/mol. The van der Waals surface area contributed by atoms with Crippen LogP contribution in [0.2, 0.25) is 0 Å². The molecular formula is C23H23N5O. The molecule has 0 bridgehead atoms. The van der Waals surface area contributed by atoms with Crippen LogP contribution in [0.3, 0.4) is 0 Å². The third-order valence-corrected chi connectivity index (χ3v) is 5.23. The highest BCUT2D eigenvalue weighted by molar-refractivity contribution is 6.41. The van der Waals surface area contributed by atoms with Crippen molar-refractivity contribution < 1.29 is 4.74 Å². The van der Waals surface area contributed by atoms with E-state index in [9.17, 15) is 0 Å². The van der Waals surface area contributed by atoms with Gasteiger partial charge in [-0.05, 0) is 54.7 Å². The number of ether oxygens (including phenoxy) is 1. The number of hydrogen-bond acceptors (Lipinski definition) is 6. The molecule has 1 aliphatic rings. The molecule has 2 aromatic carbocycles. The first-order chi connectivity index (χ1) is 14.0. The number of hydrogen-bond donors (Lipinski definition) is 1. The Morgan fingerprint density at radius 1 is 0.897 bits per heavy atom. The molecule has 4 rings (SSSR count). The smallest absolute Gasteiger partial charge is 0.168 e. The molecule has 1 atom stereocenters. The van der Waals surface area contributed by atoms with Gasteiger partial charge in [0.1, 0.15) is 17.9 Å². The molecule has 2 heterocycles. The first kappa shape index (κ1) is 18.8. The Labute approximate surface area is 170 Å². The van der Waals surface area contributed by atoms with Crippen LogP contribution in [-0.2, 0) is 0 Å². The van der Waals surface area contributed by atoms with Gasteiger partial charge in [0.2, 0.25) is 0 Å². The second kappa shape index (κ2) is 7.47. The maximum absolute atomic E-state index is 5.99. The largest absolute Gasteiger partial charge is 0.496 e.